The van der Waals surface area contributed by atoms with E-state index in [1.165, 1.54) is 12.3 Å². The summed E-state index contributed by atoms with van der Waals surface area (Å²) in [5.74, 6) is 0. The van der Waals surface area contributed by atoms with Gasteiger partial charge in [0.15, 0.2) is 0 Å². The summed E-state index contributed by atoms with van der Waals surface area (Å²) >= 11 is 0. The fraction of sp³-hybridized carbons (Fsp3) is 0. The third kappa shape index (κ3) is 2.33. The molecule has 1 aromatic heterocycles. The Balaban J connectivity index is 0.000000490. The van der Waals surface area contributed by atoms with Crippen LogP contribution in [-0.2, 0) is 32.7 Å². The third-order valence-corrected chi connectivity index (χ3v) is 0.548. The molecule has 0 aliphatic rings. The molecule has 0 saturated heterocycles. The fourth-order valence-electron chi connectivity index (χ4n) is 0.287. The largest absolute Gasteiger partial charge is 0.541 e. The maximum Gasteiger partial charge on any atom is 0.0914 e. The van der Waals surface area contributed by atoms with Gasteiger partial charge in [-0.1, -0.05) is 0 Å². The predicted molar refractivity (Wildman–Crippen MR) is 23.8 cm³/mol. The second kappa shape index (κ2) is 3.92. The van der Waals surface area contributed by atoms with Gasteiger partial charge >= 0.3 is 0 Å². The first-order valence-electron chi connectivity index (χ1n) is 1.84. The Morgan fingerprint density at radius 3 is 2.62 bits per heavy atom. The Morgan fingerprint density at radius 1 is 1.62 bits per heavy atom. The van der Waals surface area contributed by atoms with Crippen molar-refractivity contribution in [2.45, 2.75) is 0 Å². The molecule has 1 radical (unpaired) electrons. The molecule has 1 rings (SSSR count). The molecular weight excluding hydrogens is 181 g/mol. The molecule has 3 nitrogen and oxygen atoms in total. The van der Waals surface area contributed by atoms with Crippen LogP contribution in [0, 0.1) is 0 Å². The maximum atomic E-state index is 10.1. The quantitative estimate of drug-likeness (QED) is 0.540. The first-order valence-corrected chi connectivity index (χ1v) is 1.84. The van der Waals surface area contributed by atoms with Crippen molar-refractivity contribution in [1.29, 1.82) is 0 Å². The van der Waals surface area contributed by atoms with Gasteiger partial charge in [-0.2, -0.15) is 0 Å². The van der Waals surface area contributed by atoms with Crippen LogP contribution in [0.2, 0.25) is 0 Å². The standard InChI is InChI=1S/C4H4N2O.Y/c7-4-2-1-3-5-6-4;/h1-3H,(H,6,7);/p-1. The van der Waals surface area contributed by atoms with Crippen molar-refractivity contribution in [3.63, 3.8) is 0 Å². The summed E-state index contributed by atoms with van der Waals surface area (Å²) in [4.78, 5) is 10.1. The number of rotatable bonds is 0. The number of nitrogens with zero attached hydrogens (tertiary/aromatic N) is 2. The molecule has 0 aromatic carbocycles. The zero-order chi connectivity index (χ0) is 5.11. The van der Waals surface area contributed by atoms with Gasteiger partial charge in [0.1, 0.15) is 0 Å². The molecule has 0 spiro atoms. The summed E-state index contributed by atoms with van der Waals surface area (Å²) in [7, 11) is 0. The molecule has 39 valence electrons. The van der Waals surface area contributed by atoms with Crippen molar-refractivity contribution in [3.8, 4) is 0 Å². The minimum atomic E-state index is -0.289. The topological polar surface area (TPSA) is 44.1 Å². The first-order chi connectivity index (χ1) is 3.39. The Hall–Kier alpha value is -0.0161. The van der Waals surface area contributed by atoms with E-state index in [2.05, 4.69) is 10.2 Å². The van der Waals surface area contributed by atoms with E-state index in [9.17, 15) is 4.79 Å². The van der Waals surface area contributed by atoms with Crippen LogP contribution in [0.25, 0.3) is 0 Å². The van der Waals surface area contributed by atoms with Crippen LogP contribution in [0.15, 0.2) is 23.1 Å². The Bertz CT molecular complexity index is 180. The van der Waals surface area contributed by atoms with E-state index in [1.807, 2.05) is 0 Å². The molecular formula is C4H3N2OY-. The van der Waals surface area contributed by atoms with Crippen LogP contribution in [0.5, 0.6) is 0 Å². The second-order valence-corrected chi connectivity index (χ2v) is 1.06. The van der Waals surface area contributed by atoms with Gasteiger partial charge in [0.05, 0.1) is 5.56 Å². The molecule has 0 unspecified atom stereocenters. The second-order valence-electron chi connectivity index (χ2n) is 1.06. The Labute approximate surface area is 71.4 Å². The van der Waals surface area contributed by atoms with E-state index in [1.54, 1.807) is 6.07 Å². The van der Waals surface area contributed by atoms with E-state index in [4.69, 9.17) is 0 Å². The number of aromatic nitrogens is 2. The van der Waals surface area contributed by atoms with Crippen LogP contribution >= 0.6 is 0 Å². The SMILES string of the molecule is O=c1cccn[n-]1.[Y]. The fourth-order valence-corrected chi connectivity index (χ4v) is 0.287. The van der Waals surface area contributed by atoms with Gasteiger partial charge in [0.2, 0.25) is 0 Å². The molecule has 0 N–H and O–H groups in total. The number of hydrogen-bond donors (Lipinski definition) is 0. The average molecular weight is 184 g/mol. The molecule has 0 aliphatic carbocycles. The van der Waals surface area contributed by atoms with Gasteiger partial charge in [0.25, 0.3) is 0 Å². The molecule has 0 fully saturated rings. The molecule has 0 atom stereocenters. The van der Waals surface area contributed by atoms with Gasteiger partial charge in [0, 0.05) is 38.9 Å². The van der Waals surface area contributed by atoms with Crippen molar-refractivity contribution in [3.05, 3.63) is 28.7 Å². The van der Waals surface area contributed by atoms with E-state index in [-0.39, 0.29) is 38.3 Å². The van der Waals surface area contributed by atoms with Crippen molar-refractivity contribution >= 4 is 0 Å². The first kappa shape index (κ1) is 7.98. The minimum Gasteiger partial charge on any atom is -0.541 e. The van der Waals surface area contributed by atoms with Gasteiger partial charge in [-0.05, 0) is 12.1 Å². The molecule has 0 bridgehead atoms. The van der Waals surface area contributed by atoms with Crippen molar-refractivity contribution in [1.82, 2.24) is 10.2 Å². The van der Waals surface area contributed by atoms with Crippen molar-refractivity contribution < 1.29 is 32.7 Å². The molecule has 8 heavy (non-hydrogen) atoms. The zero-order valence-electron chi connectivity index (χ0n) is 4.11. The maximum absolute atomic E-state index is 10.1. The summed E-state index contributed by atoms with van der Waals surface area (Å²) in [5, 5.41) is 6.50. The zero-order valence-corrected chi connectivity index (χ0v) is 6.95. The summed E-state index contributed by atoms with van der Waals surface area (Å²) < 4.78 is 0. The van der Waals surface area contributed by atoms with Gasteiger partial charge in [-0.15, -0.1) is 0 Å². The number of hydrogen-bond acceptors (Lipinski definition) is 2. The smallest absolute Gasteiger partial charge is 0.0914 e. The molecule has 0 saturated carbocycles. The predicted octanol–water partition coefficient (Wildman–Crippen LogP) is -0.604. The molecule has 0 aliphatic heterocycles. The third-order valence-electron chi connectivity index (χ3n) is 0.548. The van der Waals surface area contributed by atoms with Crippen LogP contribution in [-0.4, -0.2) is 5.10 Å². The van der Waals surface area contributed by atoms with E-state index in [0.717, 1.165) is 0 Å². The monoisotopic (exact) mass is 184 g/mol. The average Bonchev–Trinajstić information content (AvgIpc) is 1.69. The Kier molecular flexibility index (Phi) is 3.92. The summed E-state index contributed by atoms with van der Waals surface area (Å²) in [6.45, 7) is 0. The Morgan fingerprint density at radius 2 is 2.38 bits per heavy atom. The van der Waals surface area contributed by atoms with Gasteiger partial charge in [-0.25, -0.2) is 0 Å². The summed E-state index contributed by atoms with van der Waals surface area (Å²) in [6.07, 6.45) is 1.46. The molecule has 1 aromatic rings. The molecule has 1 heterocycles. The molecule has 0 amide bonds. The van der Waals surface area contributed by atoms with Crippen molar-refractivity contribution in [2.24, 2.45) is 0 Å². The molecule has 4 heteroatoms. The van der Waals surface area contributed by atoms with Crippen LogP contribution < -0.4 is 10.7 Å². The minimum absolute atomic E-state index is 0. The van der Waals surface area contributed by atoms with Crippen LogP contribution in [0.3, 0.4) is 0 Å². The normalized spacial score (nSPS) is 7.50. The van der Waals surface area contributed by atoms with Gasteiger partial charge < -0.3 is 15.0 Å². The van der Waals surface area contributed by atoms with Crippen molar-refractivity contribution in [2.75, 3.05) is 0 Å². The summed E-state index contributed by atoms with van der Waals surface area (Å²) in [5.41, 5.74) is -0.289. The van der Waals surface area contributed by atoms with E-state index in [0.29, 0.717) is 0 Å². The van der Waals surface area contributed by atoms with E-state index >= 15 is 0 Å². The van der Waals surface area contributed by atoms with E-state index < -0.39 is 0 Å². The van der Waals surface area contributed by atoms with Gasteiger partial charge in [-0.3, -0.25) is 0 Å². The van der Waals surface area contributed by atoms with Crippen LogP contribution in [0.4, 0.5) is 0 Å². The summed E-state index contributed by atoms with van der Waals surface area (Å²) in [6, 6.07) is 2.91. The van der Waals surface area contributed by atoms with Crippen LogP contribution in [0.1, 0.15) is 0 Å².